The highest BCUT2D eigenvalue weighted by molar-refractivity contribution is 7.92. The van der Waals surface area contributed by atoms with Crippen LogP contribution in [-0.2, 0) is 10.0 Å². The third kappa shape index (κ3) is 3.64. The largest absolute Gasteiger partial charge is 0.354 e. The Kier molecular flexibility index (Phi) is 4.46. The van der Waals surface area contributed by atoms with Crippen molar-refractivity contribution < 1.29 is 8.42 Å². The summed E-state index contributed by atoms with van der Waals surface area (Å²) in [6.45, 7) is 2.75. The summed E-state index contributed by atoms with van der Waals surface area (Å²) in [6.07, 6.45) is 6.46. The maximum atomic E-state index is 12.1. The summed E-state index contributed by atoms with van der Waals surface area (Å²) in [6, 6.07) is 3.26. The van der Waals surface area contributed by atoms with Crippen LogP contribution in [0.1, 0.15) is 13.3 Å². The third-order valence-corrected chi connectivity index (χ3v) is 3.72. The highest BCUT2D eigenvalue weighted by Gasteiger charge is 2.15. The molecule has 0 spiro atoms. The molecule has 0 saturated carbocycles. The van der Waals surface area contributed by atoms with Crippen molar-refractivity contribution in [2.75, 3.05) is 16.6 Å². The van der Waals surface area contributed by atoms with E-state index in [-0.39, 0.29) is 4.90 Å². The number of hydrogen-bond acceptors (Lipinski definition) is 6. The Labute approximate surface area is 117 Å². The lowest BCUT2D eigenvalue weighted by molar-refractivity contribution is 0.600. The molecule has 2 aromatic rings. The number of sulfonamides is 1. The Morgan fingerprint density at radius 3 is 2.55 bits per heavy atom. The van der Waals surface area contributed by atoms with Crippen molar-refractivity contribution in [3.05, 3.63) is 36.9 Å². The SMILES string of the molecule is CCCNc1ncc(S(=O)(=O)Nc2cccnc2)cn1. The second-order valence-electron chi connectivity index (χ2n) is 4.02. The number of nitrogens with one attached hydrogen (secondary N) is 2. The van der Waals surface area contributed by atoms with E-state index in [0.717, 1.165) is 13.0 Å². The zero-order valence-corrected chi connectivity index (χ0v) is 11.8. The van der Waals surface area contributed by atoms with Crippen LogP contribution < -0.4 is 10.0 Å². The van der Waals surface area contributed by atoms with Gasteiger partial charge in [0.15, 0.2) is 0 Å². The summed E-state index contributed by atoms with van der Waals surface area (Å²) in [5, 5.41) is 2.98. The van der Waals surface area contributed by atoms with Crippen LogP contribution in [0.5, 0.6) is 0 Å². The number of anilines is 2. The fourth-order valence-electron chi connectivity index (χ4n) is 1.42. The molecular weight excluding hydrogens is 278 g/mol. The smallest absolute Gasteiger partial charge is 0.265 e. The standard InChI is InChI=1S/C12H15N5O2S/c1-2-5-14-12-15-8-11(9-16-12)20(18,19)17-10-4-3-6-13-7-10/h3-4,6-9,17H,2,5H2,1H3,(H,14,15,16). The lowest BCUT2D eigenvalue weighted by Crippen LogP contribution is -2.14. The van der Waals surface area contributed by atoms with Gasteiger partial charge in [-0.15, -0.1) is 0 Å². The molecule has 0 atom stereocenters. The predicted molar refractivity (Wildman–Crippen MR) is 75.9 cm³/mol. The van der Waals surface area contributed by atoms with E-state index >= 15 is 0 Å². The summed E-state index contributed by atoms with van der Waals surface area (Å²) in [7, 11) is -3.69. The summed E-state index contributed by atoms with van der Waals surface area (Å²) >= 11 is 0. The van der Waals surface area contributed by atoms with Crippen LogP contribution in [0.4, 0.5) is 11.6 Å². The highest BCUT2D eigenvalue weighted by Crippen LogP contribution is 2.13. The van der Waals surface area contributed by atoms with E-state index in [9.17, 15) is 8.42 Å². The third-order valence-electron chi connectivity index (χ3n) is 2.39. The fraction of sp³-hybridized carbons (Fsp3) is 0.250. The molecule has 2 aromatic heterocycles. The van der Waals surface area contributed by atoms with Gasteiger partial charge >= 0.3 is 0 Å². The van der Waals surface area contributed by atoms with E-state index in [1.165, 1.54) is 18.6 Å². The first-order valence-electron chi connectivity index (χ1n) is 6.10. The molecule has 2 heterocycles. The maximum absolute atomic E-state index is 12.1. The van der Waals surface area contributed by atoms with Crippen LogP contribution in [0.2, 0.25) is 0 Å². The lowest BCUT2D eigenvalue weighted by atomic mass is 10.4. The van der Waals surface area contributed by atoms with Crippen LogP contribution in [-0.4, -0.2) is 29.9 Å². The van der Waals surface area contributed by atoms with Gasteiger partial charge in [0.2, 0.25) is 5.95 Å². The van der Waals surface area contributed by atoms with E-state index in [4.69, 9.17) is 0 Å². The number of rotatable bonds is 6. The topological polar surface area (TPSA) is 96.9 Å². The molecule has 0 aliphatic rings. The van der Waals surface area contributed by atoms with Crippen molar-refractivity contribution in [3.63, 3.8) is 0 Å². The average molecular weight is 293 g/mol. The molecule has 0 unspecified atom stereocenters. The van der Waals surface area contributed by atoms with E-state index in [0.29, 0.717) is 11.6 Å². The van der Waals surface area contributed by atoms with Crippen LogP contribution >= 0.6 is 0 Å². The summed E-state index contributed by atoms with van der Waals surface area (Å²) in [4.78, 5) is 11.8. The summed E-state index contributed by atoms with van der Waals surface area (Å²) in [5.41, 5.74) is 0.390. The number of pyridine rings is 1. The quantitative estimate of drug-likeness (QED) is 0.837. The molecule has 0 bridgehead atoms. The zero-order chi connectivity index (χ0) is 14.4. The molecule has 0 amide bonds. The van der Waals surface area contributed by atoms with Gasteiger partial charge in [0.05, 0.1) is 24.3 Å². The fourth-order valence-corrected chi connectivity index (χ4v) is 2.35. The van der Waals surface area contributed by atoms with Gasteiger partial charge in [-0.25, -0.2) is 18.4 Å². The van der Waals surface area contributed by atoms with Crippen molar-refractivity contribution in [2.24, 2.45) is 0 Å². The Balaban J connectivity index is 2.13. The lowest BCUT2D eigenvalue weighted by Gasteiger charge is -2.07. The highest BCUT2D eigenvalue weighted by atomic mass is 32.2. The van der Waals surface area contributed by atoms with Crippen molar-refractivity contribution >= 4 is 21.7 Å². The average Bonchev–Trinajstić information content (AvgIpc) is 2.46. The van der Waals surface area contributed by atoms with Crippen molar-refractivity contribution in [1.29, 1.82) is 0 Å². The second kappa shape index (κ2) is 6.29. The van der Waals surface area contributed by atoms with Crippen molar-refractivity contribution in [3.8, 4) is 0 Å². The van der Waals surface area contributed by atoms with Crippen LogP contribution in [0.15, 0.2) is 41.8 Å². The molecule has 0 fully saturated rings. The van der Waals surface area contributed by atoms with Crippen molar-refractivity contribution in [1.82, 2.24) is 15.0 Å². The molecule has 106 valence electrons. The first-order chi connectivity index (χ1) is 9.62. The van der Waals surface area contributed by atoms with Gasteiger partial charge < -0.3 is 5.32 Å². The molecule has 0 aliphatic heterocycles. The minimum Gasteiger partial charge on any atom is -0.354 e. The van der Waals surface area contributed by atoms with Crippen molar-refractivity contribution in [2.45, 2.75) is 18.2 Å². The molecule has 8 heteroatoms. The number of hydrogen-bond donors (Lipinski definition) is 2. The predicted octanol–water partition coefficient (Wildman–Crippen LogP) is 1.49. The van der Waals surface area contributed by atoms with E-state index in [1.807, 2.05) is 6.92 Å². The Morgan fingerprint density at radius 2 is 1.95 bits per heavy atom. The van der Waals surface area contributed by atoms with E-state index in [2.05, 4.69) is 25.0 Å². The normalized spacial score (nSPS) is 11.1. The first-order valence-corrected chi connectivity index (χ1v) is 7.59. The van der Waals surface area contributed by atoms with Crippen LogP contribution in [0, 0.1) is 0 Å². The molecule has 0 saturated heterocycles. The second-order valence-corrected chi connectivity index (χ2v) is 5.70. The van der Waals surface area contributed by atoms with Crippen LogP contribution in [0.25, 0.3) is 0 Å². The number of aromatic nitrogens is 3. The van der Waals surface area contributed by atoms with Gasteiger partial charge in [-0.1, -0.05) is 6.92 Å². The Bertz CT molecular complexity index is 643. The van der Waals surface area contributed by atoms with Crippen LogP contribution in [0.3, 0.4) is 0 Å². The Morgan fingerprint density at radius 1 is 1.20 bits per heavy atom. The van der Waals surface area contributed by atoms with Gasteiger partial charge in [-0.3, -0.25) is 9.71 Å². The first kappa shape index (κ1) is 14.2. The molecular formula is C12H15N5O2S. The summed E-state index contributed by atoms with van der Waals surface area (Å²) in [5.74, 6) is 0.409. The molecule has 7 nitrogen and oxygen atoms in total. The van der Waals surface area contributed by atoms with Gasteiger partial charge in [0.25, 0.3) is 10.0 Å². The molecule has 2 rings (SSSR count). The van der Waals surface area contributed by atoms with Gasteiger partial charge in [-0.05, 0) is 18.6 Å². The van der Waals surface area contributed by atoms with E-state index < -0.39 is 10.0 Å². The summed E-state index contributed by atoms with van der Waals surface area (Å²) < 4.78 is 26.6. The van der Waals surface area contributed by atoms with Gasteiger partial charge in [-0.2, -0.15) is 0 Å². The molecule has 2 N–H and O–H groups in total. The molecule has 0 aliphatic carbocycles. The molecule has 0 aromatic carbocycles. The van der Waals surface area contributed by atoms with E-state index in [1.54, 1.807) is 18.3 Å². The van der Waals surface area contributed by atoms with Gasteiger partial charge in [0, 0.05) is 12.7 Å². The zero-order valence-electron chi connectivity index (χ0n) is 10.9. The monoisotopic (exact) mass is 293 g/mol. The minimum absolute atomic E-state index is 0.00315. The maximum Gasteiger partial charge on any atom is 0.265 e. The van der Waals surface area contributed by atoms with Gasteiger partial charge in [0.1, 0.15) is 4.90 Å². The molecule has 0 radical (unpaired) electrons. The molecule has 20 heavy (non-hydrogen) atoms. The number of nitrogens with zero attached hydrogens (tertiary/aromatic N) is 3. The Hall–Kier alpha value is -2.22. The minimum atomic E-state index is -3.69.